The standard InChI is InChI=1S/C17H24O3/c1-3-14(2)18-11-7-5-4-6-8-15-9-10-16-17(12-15)20-13-19-16/h6,8-10,12,14H,3-5,7,11,13H2,1-2H3. The van der Waals surface area contributed by atoms with Crippen LogP contribution in [0.1, 0.15) is 45.1 Å². The van der Waals surface area contributed by atoms with Gasteiger partial charge in [0.05, 0.1) is 6.10 Å². The second kappa shape index (κ2) is 7.95. The summed E-state index contributed by atoms with van der Waals surface area (Å²) < 4.78 is 16.3. The van der Waals surface area contributed by atoms with Crippen molar-refractivity contribution >= 4 is 6.08 Å². The smallest absolute Gasteiger partial charge is 0.231 e. The molecule has 1 aromatic carbocycles. The van der Waals surface area contributed by atoms with Crippen molar-refractivity contribution in [2.45, 2.75) is 45.6 Å². The van der Waals surface area contributed by atoms with Gasteiger partial charge in [0.25, 0.3) is 0 Å². The van der Waals surface area contributed by atoms with Crippen LogP contribution >= 0.6 is 0 Å². The Bertz CT molecular complexity index is 440. The number of ether oxygens (including phenoxy) is 3. The van der Waals surface area contributed by atoms with Crippen LogP contribution in [-0.2, 0) is 4.74 Å². The molecule has 1 unspecified atom stereocenters. The molecule has 1 atom stereocenters. The first-order valence-corrected chi connectivity index (χ1v) is 7.47. The molecule has 3 nitrogen and oxygen atoms in total. The van der Waals surface area contributed by atoms with Gasteiger partial charge in [0, 0.05) is 6.61 Å². The fourth-order valence-corrected chi connectivity index (χ4v) is 2.00. The maximum absolute atomic E-state index is 5.65. The molecule has 20 heavy (non-hydrogen) atoms. The summed E-state index contributed by atoms with van der Waals surface area (Å²) in [7, 11) is 0. The van der Waals surface area contributed by atoms with Gasteiger partial charge in [-0.15, -0.1) is 0 Å². The Labute approximate surface area is 121 Å². The molecule has 3 heteroatoms. The van der Waals surface area contributed by atoms with Crippen LogP contribution in [0.25, 0.3) is 6.08 Å². The molecule has 0 fully saturated rings. The Morgan fingerprint density at radius 2 is 2.10 bits per heavy atom. The van der Waals surface area contributed by atoms with Gasteiger partial charge in [-0.1, -0.05) is 25.1 Å². The van der Waals surface area contributed by atoms with Crippen LogP contribution in [-0.4, -0.2) is 19.5 Å². The van der Waals surface area contributed by atoms with Gasteiger partial charge in [-0.2, -0.15) is 0 Å². The van der Waals surface area contributed by atoms with E-state index >= 15 is 0 Å². The number of fused-ring (bicyclic) bond motifs is 1. The molecule has 0 amide bonds. The van der Waals surface area contributed by atoms with Crippen LogP contribution in [0.5, 0.6) is 11.5 Å². The Kier molecular flexibility index (Phi) is 5.93. The topological polar surface area (TPSA) is 27.7 Å². The summed E-state index contributed by atoms with van der Waals surface area (Å²) in [4.78, 5) is 0. The minimum absolute atomic E-state index is 0.332. The third-order valence-corrected chi connectivity index (χ3v) is 3.45. The molecule has 0 saturated heterocycles. The molecule has 2 rings (SSSR count). The monoisotopic (exact) mass is 276 g/mol. The Morgan fingerprint density at radius 1 is 1.25 bits per heavy atom. The van der Waals surface area contributed by atoms with E-state index in [1.165, 1.54) is 0 Å². The number of hydrogen-bond donors (Lipinski definition) is 0. The normalized spacial score (nSPS) is 14.9. The average Bonchev–Trinajstić information content (AvgIpc) is 2.93. The van der Waals surface area contributed by atoms with Crippen LogP contribution in [0, 0.1) is 0 Å². The van der Waals surface area contributed by atoms with Crippen molar-refractivity contribution in [2.75, 3.05) is 13.4 Å². The molecule has 1 aromatic rings. The van der Waals surface area contributed by atoms with Gasteiger partial charge < -0.3 is 14.2 Å². The Balaban J connectivity index is 1.64. The highest BCUT2D eigenvalue weighted by molar-refractivity contribution is 5.56. The highest BCUT2D eigenvalue weighted by atomic mass is 16.7. The Morgan fingerprint density at radius 3 is 2.95 bits per heavy atom. The molecule has 0 aromatic heterocycles. The van der Waals surface area contributed by atoms with Gasteiger partial charge in [0.2, 0.25) is 6.79 Å². The van der Waals surface area contributed by atoms with Crippen molar-refractivity contribution in [1.82, 2.24) is 0 Å². The fraction of sp³-hybridized carbons (Fsp3) is 0.529. The lowest BCUT2D eigenvalue weighted by molar-refractivity contribution is 0.0612. The molecular formula is C17H24O3. The van der Waals surface area contributed by atoms with Crippen molar-refractivity contribution < 1.29 is 14.2 Å². The molecule has 0 spiro atoms. The zero-order valence-electron chi connectivity index (χ0n) is 12.4. The van der Waals surface area contributed by atoms with Crippen LogP contribution in [0.15, 0.2) is 24.3 Å². The Hall–Kier alpha value is -1.48. The fourth-order valence-electron chi connectivity index (χ4n) is 2.00. The lowest BCUT2D eigenvalue weighted by Gasteiger charge is -2.09. The van der Waals surface area contributed by atoms with E-state index in [1.54, 1.807) is 0 Å². The van der Waals surface area contributed by atoms with Crippen molar-refractivity contribution in [3.8, 4) is 11.5 Å². The largest absolute Gasteiger partial charge is 0.454 e. The van der Waals surface area contributed by atoms with E-state index in [4.69, 9.17) is 14.2 Å². The number of unbranched alkanes of at least 4 members (excludes halogenated alkanes) is 2. The summed E-state index contributed by atoms with van der Waals surface area (Å²) in [5.74, 6) is 1.68. The number of benzene rings is 1. The highest BCUT2D eigenvalue weighted by Crippen LogP contribution is 2.32. The van der Waals surface area contributed by atoms with Gasteiger partial charge in [-0.25, -0.2) is 0 Å². The second-order valence-electron chi connectivity index (χ2n) is 5.10. The number of rotatable bonds is 8. The minimum atomic E-state index is 0.332. The van der Waals surface area contributed by atoms with Gasteiger partial charge in [0.15, 0.2) is 11.5 Å². The van der Waals surface area contributed by atoms with E-state index in [1.807, 2.05) is 12.1 Å². The summed E-state index contributed by atoms with van der Waals surface area (Å²) in [6, 6.07) is 6.03. The zero-order chi connectivity index (χ0) is 14.2. The first kappa shape index (κ1) is 14.9. The summed E-state index contributed by atoms with van der Waals surface area (Å²) >= 11 is 0. The predicted molar refractivity (Wildman–Crippen MR) is 81.2 cm³/mol. The molecule has 0 aliphatic carbocycles. The van der Waals surface area contributed by atoms with E-state index in [2.05, 4.69) is 32.1 Å². The molecule has 110 valence electrons. The minimum Gasteiger partial charge on any atom is -0.454 e. The van der Waals surface area contributed by atoms with Gasteiger partial charge in [-0.05, 0) is 50.3 Å². The third kappa shape index (κ3) is 4.57. The predicted octanol–water partition coefficient (Wildman–Crippen LogP) is 4.41. The quantitative estimate of drug-likeness (QED) is 0.658. The van der Waals surface area contributed by atoms with Crippen molar-refractivity contribution in [1.29, 1.82) is 0 Å². The molecule has 1 aliphatic rings. The van der Waals surface area contributed by atoms with Gasteiger partial charge in [-0.3, -0.25) is 0 Å². The molecule has 0 radical (unpaired) electrons. The molecule has 1 heterocycles. The van der Waals surface area contributed by atoms with Crippen LogP contribution in [0.4, 0.5) is 0 Å². The molecular weight excluding hydrogens is 252 g/mol. The van der Waals surface area contributed by atoms with Gasteiger partial charge in [0.1, 0.15) is 0 Å². The zero-order valence-corrected chi connectivity index (χ0v) is 12.4. The van der Waals surface area contributed by atoms with E-state index in [9.17, 15) is 0 Å². The average molecular weight is 276 g/mol. The summed E-state index contributed by atoms with van der Waals surface area (Å²) in [6.07, 6.45) is 9.19. The molecule has 0 N–H and O–H groups in total. The van der Waals surface area contributed by atoms with E-state index in [0.717, 1.165) is 49.4 Å². The molecule has 0 saturated carbocycles. The summed E-state index contributed by atoms with van der Waals surface area (Å²) in [6.45, 7) is 5.48. The maximum Gasteiger partial charge on any atom is 0.231 e. The maximum atomic E-state index is 5.65. The second-order valence-corrected chi connectivity index (χ2v) is 5.10. The highest BCUT2D eigenvalue weighted by Gasteiger charge is 2.11. The lowest BCUT2D eigenvalue weighted by Crippen LogP contribution is -2.07. The van der Waals surface area contributed by atoms with Crippen molar-refractivity contribution in [3.63, 3.8) is 0 Å². The SMILES string of the molecule is CCC(C)OCCCCC=Cc1ccc2c(c1)OCO2. The number of hydrogen-bond acceptors (Lipinski definition) is 3. The molecule has 1 aliphatic heterocycles. The third-order valence-electron chi connectivity index (χ3n) is 3.45. The first-order chi connectivity index (χ1) is 9.79. The summed E-state index contributed by atoms with van der Waals surface area (Å²) in [5.41, 5.74) is 1.16. The number of allylic oxidation sites excluding steroid dienone is 1. The van der Waals surface area contributed by atoms with Crippen molar-refractivity contribution in [3.05, 3.63) is 29.8 Å². The van der Waals surface area contributed by atoms with E-state index < -0.39 is 0 Å². The first-order valence-electron chi connectivity index (χ1n) is 7.47. The van der Waals surface area contributed by atoms with Gasteiger partial charge >= 0.3 is 0 Å². The lowest BCUT2D eigenvalue weighted by atomic mass is 10.1. The van der Waals surface area contributed by atoms with Crippen LogP contribution in [0.3, 0.4) is 0 Å². The van der Waals surface area contributed by atoms with E-state index in [0.29, 0.717) is 12.9 Å². The van der Waals surface area contributed by atoms with Crippen molar-refractivity contribution in [2.24, 2.45) is 0 Å². The van der Waals surface area contributed by atoms with Crippen LogP contribution in [0.2, 0.25) is 0 Å². The summed E-state index contributed by atoms with van der Waals surface area (Å²) in [5, 5.41) is 0. The van der Waals surface area contributed by atoms with Crippen LogP contribution < -0.4 is 9.47 Å². The molecule has 0 bridgehead atoms. The van der Waals surface area contributed by atoms with E-state index in [-0.39, 0.29) is 0 Å².